The number of fused-ring (bicyclic) bond motifs is 2. The molecule has 69 heavy (non-hydrogen) atoms. The van der Waals surface area contributed by atoms with Gasteiger partial charge in [-0.3, -0.25) is 34.2 Å². The number of likely N-dealkylation sites (tertiary alicyclic amines) is 1. The highest BCUT2D eigenvalue weighted by Crippen LogP contribution is 2.46. The second kappa shape index (κ2) is 21.8. The monoisotopic (exact) mass is 996 g/mol. The van der Waals surface area contributed by atoms with Crippen molar-refractivity contribution in [2.45, 2.75) is 69.3 Å². The van der Waals surface area contributed by atoms with Crippen molar-refractivity contribution < 1.29 is 33.5 Å². The van der Waals surface area contributed by atoms with Crippen LogP contribution in [-0.2, 0) is 19.2 Å². The van der Waals surface area contributed by atoms with E-state index in [0.717, 1.165) is 71.9 Å². The summed E-state index contributed by atoms with van der Waals surface area (Å²) in [6.45, 7) is 7.18. The number of nitrogens with zero attached hydrogens (tertiary/aromatic N) is 7. The Balaban J connectivity index is 0.00000209. The summed E-state index contributed by atoms with van der Waals surface area (Å²) in [6, 6.07) is 13.3. The molecule has 1 spiro atoms. The van der Waals surface area contributed by atoms with Crippen molar-refractivity contribution in [3.63, 3.8) is 0 Å². The maximum Gasteiger partial charge on any atom is 0.264 e. The van der Waals surface area contributed by atoms with E-state index in [4.69, 9.17) is 32.9 Å². The Morgan fingerprint density at radius 1 is 0.971 bits per heavy atom. The number of anilines is 2. The second-order valence-corrected chi connectivity index (χ2v) is 20.1. The third-order valence-electron chi connectivity index (χ3n) is 12.7. The third kappa shape index (κ3) is 10.8. The fourth-order valence-corrected chi connectivity index (χ4v) is 11.6. The van der Waals surface area contributed by atoms with Crippen LogP contribution in [0.3, 0.4) is 0 Å². The average Bonchev–Trinajstić information content (AvgIpc) is 3.85. The molecule has 3 saturated heterocycles. The van der Waals surface area contributed by atoms with E-state index in [-0.39, 0.29) is 59.7 Å². The molecule has 4 aliphatic heterocycles. The zero-order valence-electron chi connectivity index (χ0n) is 38.6. The number of amides is 4. The molecule has 2 aromatic carbocycles. The maximum atomic E-state index is 13.2. The molecule has 20 heteroatoms. The summed E-state index contributed by atoms with van der Waals surface area (Å²) in [7, 11) is 3.75. The fourth-order valence-electron chi connectivity index (χ4n) is 9.37. The number of piperidine rings is 1. The minimum atomic E-state index is -1.08. The van der Waals surface area contributed by atoms with Gasteiger partial charge in [0.2, 0.25) is 11.8 Å². The molecule has 3 aromatic heterocycles. The van der Waals surface area contributed by atoms with Gasteiger partial charge in [-0.2, -0.15) is 5.10 Å². The highest BCUT2D eigenvalue weighted by atomic mass is 35.5. The zero-order chi connectivity index (χ0) is 48.8. The number of H-pyrrole nitrogens is 1. The first-order valence-corrected chi connectivity index (χ1v) is 24.6. The van der Waals surface area contributed by atoms with E-state index in [1.54, 1.807) is 18.5 Å². The predicted molar refractivity (Wildman–Crippen MR) is 266 cm³/mol. The molecule has 1 unspecified atom stereocenters. The number of hydrogen-bond donors (Lipinski definition) is 3. The average molecular weight is 998 g/mol. The zero-order valence-corrected chi connectivity index (χ0v) is 40.9. The SMILES string of the molecule is CNC.C[C@@H](Oc1ccc2[nH]nc(-c3ccc(N4CC5(CN(SC6CCN(C(=O)CCCC(=O)Nc7cccc8c7C(=O)N(C(C=O)CCC=O)C8=O)CC6)C5)C4)nc3)c2c1)c1c(Cl)cncc1Cl. The van der Waals surface area contributed by atoms with Crippen molar-refractivity contribution in [1.82, 2.24) is 39.6 Å². The van der Waals surface area contributed by atoms with E-state index in [0.29, 0.717) is 58.7 Å². The first kappa shape index (κ1) is 49.5. The van der Waals surface area contributed by atoms with Crippen LogP contribution in [-0.4, -0.2) is 135 Å². The van der Waals surface area contributed by atoms with Crippen molar-refractivity contribution in [3.05, 3.63) is 93.9 Å². The number of pyridine rings is 2. The lowest BCUT2D eigenvalue weighted by Crippen LogP contribution is -2.71. The lowest BCUT2D eigenvalue weighted by Gasteiger charge is -2.60. The highest BCUT2D eigenvalue weighted by molar-refractivity contribution is 7.97. The molecule has 3 fully saturated rings. The Morgan fingerprint density at radius 3 is 2.39 bits per heavy atom. The van der Waals surface area contributed by atoms with Crippen LogP contribution in [0.1, 0.15) is 84.3 Å². The summed E-state index contributed by atoms with van der Waals surface area (Å²) in [5.41, 5.74) is 3.77. The lowest BCUT2D eigenvalue weighted by molar-refractivity contribution is -0.132. The molecule has 0 radical (unpaired) electrons. The summed E-state index contributed by atoms with van der Waals surface area (Å²) in [6.07, 6.45) is 8.14. The van der Waals surface area contributed by atoms with Crippen molar-refractivity contribution in [3.8, 4) is 17.0 Å². The van der Waals surface area contributed by atoms with Crippen LogP contribution in [0.25, 0.3) is 22.2 Å². The smallest absolute Gasteiger partial charge is 0.264 e. The first-order chi connectivity index (χ1) is 33.3. The Kier molecular flexibility index (Phi) is 15.6. The van der Waals surface area contributed by atoms with Gasteiger partial charge in [0, 0.05) is 104 Å². The van der Waals surface area contributed by atoms with Crippen LogP contribution >= 0.6 is 35.1 Å². The molecule has 17 nitrogen and oxygen atoms in total. The number of ether oxygens (including phenoxy) is 1. The predicted octanol–water partition coefficient (Wildman–Crippen LogP) is 7.02. The summed E-state index contributed by atoms with van der Waals surface area (Å²) in [5, 5.41) is 15.4. The van der Waals surface area contributed by atoms with E-state index in [1.165, 1.54) is 12.1 Å². The van der Waals surface area contributed by atoms with Crippen molar-refractivity contribution in [1.29, 1.82) is 0 Å². The largest absolute Gasteiger partial charge is 0.486 e. The van der Waals surface area contributed by atoms with Crippen LogP contribution in [0, 0.1) is 5.41 Å². The molecule has 2 atom stereocenters. The lowest BCUT2D eigenvalue weighted by atomic mass is 9.74. The Morgan fingerprint density at radius 2 is 1.71 bits per heavy atom. The van der Waals surface area contributed by atoms with Crippen LogP contribution in [0.2, 0.25) is 10.0 Å². The molecule has 0 aliphatic carbocycles. The number of aldehydes is 2. The third-order valence-corrected chi connectivity index (χ3v) is 14.7. The van der Waals surface area contributed by atoms with Crippen LogP contribution < -0.4 is 20.3 Å². The Labute approximate surface area is 414 Å². The molecule has 7 heterocycles. The number of carbonyl (C=O) groups is 6. The van der Waals surface area contributed by atoms with Gasteiger partial charge in [-0.25, -0.2) is 9.29 Å². The summed E-state index contributed by atoms with van der Waals surface area (Å²) >= 11 is 14.6. The van der Waals surface area contributed by atoms with Crippen LogP contribution in [0.15, 0.2) is 67.1 Å². The summed E-state index contributed by atoms with van der Waals surface area (Å²) in [4.78, 5) is 88.6. The molecule has 9 rings (SSSR count). The fraction of sp³-hybridized carbons (Fsp3) is 0.408. The van der Waals surface area contributed by atoms with Gasteiger partial charge in [-0.05, 0) is 89.2 Å². The van der Waals surface area contributed by atoms with E-state index in [9.17, 15) is 28.8 Å². The molecule has 362 valence electrons. The minimum absolute atomic E-state index is 0.0127. The van der Waals surface area contributed by atoms with Crippen molar-refractivity contribution in [2.24, 2.45) is 5.41 Å². The van der Waals surface area contributed by atoms with Gasteiger partial charge in [-0.15, -0.1) is 0 Å². The number of halogens is 2. The van der Waals surface area contributed by atoms with Crippen LogP contribution in [0.5, 0.6) is 5.75 Å². The number of hydrogen-bond acceptors (Lipinski definition) is 14. The van der Waals surface area contributed by atoms with Gasteiger partial charge < -0.3 is 34.8 Å². The number of imide groups is 1. The molecular formula is C49H54Cl2N10O7S. The van der Waals surface area contributed by atoms with Gasteiger partial charge in [-0.1, -0.05) is 41.2 Å². The van der Waals surface area contributed by atoms with E-state index in [2.05, 4.69) is 47.2 Å². The molecule has 3 N–H and O–H groups in total. The number of aromatic nitrogens is 4. The van der Waals surface area contributed by atoms with E-state index < -0.39 is 24.0 Å². The van der Waals surface area contributed by atoms with E-state index >= 15 is 0 Å². The highest BCUT2D eigenvalue weighted by Gasteiger charge is 2.53. The normalized spacial score (nSPS) is 17.4. The van der Waals surface area contributed by atoms with Gasteiger partial charge in [0.25, 0.3) is 11.8 Å². The Bertz CT molecular complexity index is 2700. The van der Waals surface area contributed by atoms with E-state index in [1.807, 2.05) is 62.3 Å². The maximum absolute atomic E-state index is 13.2. The molecule has 0 bridgehead atoms. The summed E-state index contributed by atoms with van der Waals surface area (Å²) in [5.74, 6) is -0.117. The van der Waals surface area contributed by atoms with Gasteiger partial charge >= 0.3 is 0 Å². The number of aromatic amines is 1. The first-order valence-electron chi connectivity index (χ1n) is 23.0. The van der Waals surface area contributed by atoms with Gasteiger partial charge in [0.05, 0.1) is 38.4 Å². The molecular weight excluding hydrogens is 944 g/mol. The topological polar surface area (TPSA) is 203 Å². The minimum Gasteiger partial charge on any atom is -0.486 e. The second-order valence-electron chi connectivity index (χ2n) is 17.9. The quantitative estimate of drug-likeness (QED) is 0.0487. The molecule has 0 saturated carbocycles. The van der Waals surface area contributed by atoms with Gasteiger partial charge in [0.15, 0.2) is 0 Å². The standard InChI is InChI=1S/C47H47Cl2N9O7S.C2H7N/c1-28(42-35(48)21-50-22-36(42)49)65-31-11-12-37-34(19-31)44(54-53-37)29-10-13-39(51-20-29)56-24-47(25-56)26-57(27-47)66-32-14-16-55(17-15-32)41(62)9-3-8-40(61)52-38-7-2-6-33-43(38)46(64)58(45(33)63)30(23-60)5-4-18-59;1-3-2/h2,6-7,10-13,18-23,28,30,32H,3-5,8-9,14-17,24-27H2,1H3,(H,52,61)(H,53,54);3H,1-2H3/t28-,30?;/m1./s1. The Hall–Kier alpha value is -5.92. The number of carbonyl (C=O) groups excluding carboxylic acids is 6. The van der Waals surface area contributed by atoms with Crippen molar-refractivity contribution in [2.75, 3.05) is 63.6 Å². The summed E-state index contributed by atoms with van der Waals surface area (Å²) < 4.78 is 8.70. The molecule has 4 aliphatic rings. The van der Waals surface area contributed by atoms with Crippen LogP contribution in [0.4, 0.5) is 11.5 Å². The number of benzene rings is 2. The molecule has 4 amide bonds. The van der Waals surface area contributed by atoms with Gasteiger partial charge in [0.1, 0.15) is 35.9 Å². The van der Waals surface area contributed by atoms with Crippen molar-refractivity contribution >= 4 is 93.8 Å². The number of rotatable bonds is 17. The number of nitrogens with one attached hydrogen (secondary N) is 3. The molecule has 5 aromatic rings.